The topological polar surface area (TPSA) is 63.2 Å². The van der Waals surface area contributed by atoms with Crippen LogP contribution in [-0.2, 0) is 6.54 Å². The normalized spacial score (nSPS) is 10.3. The number of nitrogens with one attached hydrogen (secondary N) is 1. The van der Waals surface area contributed by atoms with Gasteiger partial charge < -0.3 is 15.0 Å². The Morgan fingerprint density at radius 3 is 2.79 bits per heavy atom. The highest BCUT2D eigenvalue weighted by Crippen LogP contribution is 2.31. The summed E-state index contributed by atoms with van der Waals surface area (Å²) in [6, 6.07) is 0. The number of anilines is 2. The Morgan fingerprint density at radius 2 is 2.21 bits per heavy atom. The molecule has 6 nitrogen and oxygen atoms in total. The smallest absolute Gasteiger partial charge is 0.204 e. The van der Waals surface area contributed by atoms with E-state index >= 15 is 0 Å². The third kappa shape index (κ3) is 2.93. The Labute approximate surface area is 116 Å². The minimum atomic E-state index is 0.638. The lowest BCUT2D eigenvalue weighted by Crippen LogP contribution is -2.19. The predicted octanol–water partition coefficient (Wildman–Crippen LogP) is 1.93. The van der Waals surface area contributed by atoms with E-state index in [0.717, 1.165) is 16.5 Å². The van der Waals surface area contributed by atoms with E-state index in [1.54, 1.807) is 25.5 Å². The van der Waals surface area contributed by atoms with Crippen LogP contribution in [0, 0.1) is 6.92 Å². The maximum atomic E-state index is 5.38. The van der Waals surface area contributed by atoms with E-state index in [0.29, 0.717) is 18.1 Å². The van der Waals surface area contributed by atoms with Gasteiger partial charge in [-0.15, -0.1) is 11.3 Å². The van der Waals surface area contributed by atoms with Crippen LogP contribution in [-0.4, -0.2) is 36.2 Å². The molecule has 0 spiro atoms. The zero-order valence-corrected chi connectivity index (χ0v) is 12.3. The van der Waals surface area contributed by atoms with Gasteiger partial charge in [0.2, 0.25) is 5.75 Å². The molecule has 0 fully saturated rings. The van der Waals surface area contributed by atoms with Gasteiger partial charge in [0.25, 0.3) is 0 Å². The van der Waals surface area contributed by atoms with Crippen molar-refractivity contribution in [1.29, 1.82) is 0 Å². The number of hydrogen-bond donors (Lipinski definition) is 1. The first-order valence-corrected chi connectivity index (χ1v) is 6.72. The van der Waals surface area contributed by atoms with Gasteiger partial charge in [0, 0.05) is 19.5 Å². The number of aryl methyl sites for hydroxylation is 1. The van der Waals surface area contributed by atoms with Gasteiger partial charge in [-0.2, -0.15) is 0 Å². The standard InChI is InChI=1S/C12H17N5OS/c1-8-16-9(6-19-8)5-17(3)12-10(18-4)11(13-2)14-7-15-12/h6-7H,5H2,1-4H3,(H,13,14,15). The minimum absolute atomic E-state index is 0.638. The summed E-state index contributed by atoms with van der Waals surface area (Å²) in [6.07, 6.45) is 1.52. The van der Waals surface area contributed by atoms with Crippen LogP contribution in [0.1, 0.15) is 10.7 Å². The Hall–Kier alpha value is -1.89. The van der Waals surface area contributed by atoms with Gasteiger partial charge in [-0.3, -0.25) is 0 Å². The van der Waals surface area contributed by atoms with Gasteiger partial charge in [-0.1, -0.05) is 0 Å². The van der Waals surface area contributed by atoms with Crippen LogP contribution in [0.25, 0.3) is 0 Å². The fraction of sp³-hybridized carbons (Fsp3) is 0.417. The van der Waals surface area contributed by atoms with E-state index in [4.69, 9.17) is 4.74 Å². The van der Waals surface area contributed by atoms with E-state index < -0.39 is 0 Å². The molecule has 2 heterocycles. The zero-order valence-electron chi connectivity index (χ0n) is 11.5. The molecule has 2 rings (SSSR count). The lowest BCUT2D eigenvalue weighted by molar-refractivity contribution is 0.413. The van der Waals surface area contributed by atoms with E-state index in [-0.39, 0.29) is 0 Å². The van der Waals surface area contributed by atoms with Crippen molar-refractivity contribution in [2.75, 3.05) is 31.4 Å². The summed E-state index contributed by atoms with van der Waals surface area (Å²) in [5, 5.41) is 6.11. The van der Waals surface area contributed by atoms with Crippen molar-refractivity contribution in [2.24, 2.45) is 0 Å². The van der Waals surface area contributed by atoms with Crippen molar-refractivity contribution >= 4 is 23.0 Å². The summed E-state index contributed by atoms with van der Waals surface area (Å²) in [7, 11) is 5.38. The van der Waals surface area contributed by atoms with Gasteiger partial charge in [0.15, 0.2) is 11.6 Å². The summed E-state index contributed by atoms with van der Waals surface area (Å²) in [5.74, 6) is 2.06. The fourth-order valence-corrected chi connectivity index (χ4v) is 2.40. The highest BCUT2D eigenvalue weighted by molar-refractivity contribution is 7.09. The fourth-order valence-electron chi connectivity index (χ4n) is 1.80. The van der Waals surface area contributed by atoms with Gasteiger partial charge in [-0.25, -0.2) is 15.0 Å². The Balaban J connectivity index is 2.25. The Bertz CT molecular complexity index is 557. The largest absolute Gasteiger partial charge is 0.490 e. The first-order chi connectivity index (χ1) is 9.15. The second-order valence-corrected chi connectivity index (χ2v) is 5.11. The molecular formula is C12H17N5OS. The molecule has 19 heavy (non-hydrogen) atoms. The van der Waals surface area contributed by atoms with Crippen LogP contribution in [0.3, 0.4) is 0 Å². The van der Waals surface area contributed by atoms with Crippen molar-refractivity contribution in [3.8, 4) is 5.75 Å². The number of thiazole rings is 1. The quantitative estimate of drug-likeness (QED) is 0.902. The molecule has 0 aliphatic carbocycles. The molecule has 0 bridgehead atoms. The van der Waals surface area contributed by atoms with Crippen molar-refractivity contribution in [2.45, 2.75) is 13.5 Å². The molecule has 7 heteroatoms. The van der Waals surface area contributed by atoms with Gasteiger partial charge in [-0.05, 0) is 6.92 Å². The van der Waals surface area contributed by atoms with E-state index in [9.17, 15) is 0 Å². The van der Waals surface area contributed by atoms with Crippen LogP contribution in [0.15, 0.2) is 11.7 Å². The number of rotatable bonds is 5. The van der Waals surface area contributed by atoms with E-state index in [1.807, 2.05) is 18.9 Å². The van der Waals surface area contributed by atoms with Crippen molar-refractivity contribution in [3.63, 3.8) is 0 Å². The molecular weight excluding hydrogens is 262 g/mol. The Morgan fingerprint density at radius 1 is 1.42 bits per heavy atom. The molecule has 0 atom stereocenters. The predicted molar refractivity (Wildman–Crippen MR) is 77.1 cm³/mol. The first-order valence-electron chi connectivity index (χ1n) is 5.84. The molecule has 2 aromatic rings. The lowest BCUT2D eigenvalue weighted by atomic mass is 10.4. The lowest BCUT2D eigenvalue weighted by Gasteiger charge is -2.20. The number of methoxy groups -OCH3 is 1. The van der Waals surface area contributed by atoms with Gasteiger partial charge in [0.1, 0.15) is 6.33 Å². The molecule has 102 valence electrons. The van der Waals surface area contributed by atoms with Crippen LogP contribution < -0.4 is 15.0 Å². The van der Waals surface area contributed by atoms with E-state index in [1.165, 1.54) is 6.33 Å². The molecule has 2 aromatic heterocycles. The SMILES string of the molecule is CNc1ncnc(N(C)Cc2csc(C)n2)c1OC. The third-order valence-electron chi connectivity index (χ3n) is 2.65. The number of nitrogens with zero attached hydrogens (tertiary/aromatic N) is 4. The third-order valence-corrected chi connectivity index (χ3v) is 3.48. The summed E-state index contributed by atoms with van der Waals surface area (Å²) < 4.78 is 5.38. The molecule has 0 aromatic carbocycles. The van der Waals surface area contributed by atoms with Crippen LogP contribution in [0.5, 0.6) is 5.75 Å². The number of ether oxygens (including phenoxy) is 1. The van der Waals surface area contributed by atoms with E-state index in [2.05, 4.69) is 25.6 Å². The number of aromatic nitrogens is 3. The van der Waals surface area contributed by atoms with Crippen LogP contribution in [0.4, 0.5) is 11.6 Å². The summed E-state index contributed by atoms with van der Waals surface area (Å²) in [6.45, 7) is 2.68. The molecule has 0 aliphatic rings. The summed E-state index contributed by atoms with van der Waals surface area (Å²) in [4.78, 5) is 14.9. The second-order valence-electron chi connectivity index (χ2n) is 4.04. The number of hydrogen-bond acceptors (Lipinski definition) is 7. The highest BCUT2D eigenvalue weighted by Gasteiger charge is 2.15. The second kappa shape index (κ2) is 5.83. The molecule has 0 aliphatic heterocycles. The summed E-state index contributed by atoms with van der Waals surface area (Å²) in [5.41, 5.74) is 1.02. The maximum absolute atomic E-state index is 5.38. The molecule has 1 N–H and O–H groups in total. The van der Waals surface area contributed by atoms with Crippen molar-refractivity contribution in [1.82, 2.24) is 15.0 Å². The molecule has 0 saturated carbocycles. The summed E-state index contributed by atoms with van der Waals surface area (Å²) >= 11 is 1.65. The first kappa shape index (κ1) is 13.5. The zero-order chi connectivity index (χ0) is 13.8. The average Bonchev–Trinajstić information content (AvgIpc) is 2.82. The highest BCUT2D eigenvalue weighted by atomic mass is 32.1. The monoisotopic (exact) mass is 279 g/mol. The molecule has 0 radical (unpaired) electrons. The molecule has 0 unspecified atom stereocenters. The minimum Gasteiger partial charge on any atom is -0.490 e. The maximum Gasteiger partial charge on any atom is 0.204 e. The van der Waals surface area contributed by atoms with Gasteiger partial charge >= 0.3 is 0 Å². The van der Waals surface area contributed by atoms with Crippen molar-refractivity contribution < 1.29 is 4.74 Å². The van der Waals surface area contributed by atoms with Crippen LogP contribution >= 0.6 is 11.3 Å². The Kier molecular flexibility index (Phi) is 4.16. The molecule has 0 saturated heterocycles. The van der Waals surface area contributed by atoms with Crippen molar-refractivity contribution in [3.05, 3.63) is 22.4 Å². The van der Waals surface area contributed by atoms with Crippen LogP contribution in [0.2, 0.25) is 0 Å². The van der Waals surface area contributed by atoms with Gasteiger partial charge in [0.05, 0.1) is 24.4 Å². The molecule has 0 amide bonds. The average molecular weight is 279 g/mol.